The van der Waals surface area contributed by atoms with E-state index in [1.165, 1.54) is 12.1 Å². The Labute approximate surface area is 155 Å². The van der Waals surface area contributed by atoms with Crippen molar-refractivity contribution in [1.82, 2.24) is 5.32 Å². The Bertz CT molecular complexity index is 889. The number of nitrogens with zero attached hydrogens (tertiary/aromatic N) is 2. The molecule has 0 bridgehead atoms. The van der Waals surface area contributed by atoms with Gasteiger partial charge in [0.2, 0.25) is 0 Å². The number of nitrogens with one attached hydrogen (secondary N) is 1. The van der Waals surface area contributed by atoms with E-state index in [4.69, 9.17) is 14.7 Å². The molecule has 1 unspecified atom stereocenters. The van der Waals surface area contributed by atoms with Crippen molar-refractivity contribution in [3.8, 4) is 23.3 Å². The molecule has 1 aliphatic heterocycles. The topological polar surface area (TPSA) is 114 Å². The van der Waals surface area contributed by atoms with Crippen LogP contribution < -0.4 is 14.8 Å². The highest BCUT2D eigenvalue weighted by Crippen LogP contribution is 2.29. The number of hydrogen-bond donors (Lipinski definition) is 1. The molecule has 27 heavy (non-hydrogen) atoms. The Morgan fingerprint density at radius 1 is 1.15 bits per heavy atom. The van der Waals surface area contributed by atoms with Gasteiger partial charge in [-0.2, -0.15) is 5.26 Å². The molecule has 3 rings (SSSR count). The molecule has 0 saturated carbocycles. The molecule has 0 radical (unpaired) electrons. The molecule has 2 aromatic rings. The third kappa shape index (κ3) is 4.52. The smallest absolute Gasteiger partial charge is 0.271 e. The summed E-state index contributed by atoms with van der Waals surface area (Å²) in [5.74, 6) is 1.09. The van der Waals surface area contributed by atoms with Crippen LogP contribution in [0.3, 0.4) is 0 Å². The maximum atomic E-state index is 11.9. The standard InChI is InChI=1S/C19H17N3O5/c20-12-13-11-14(22(24)25)4-9-17(13)26-15-5-7-16(8-6-15)27-18-3-1-2-10-21-19(18)23/h4-9,11,18H,1-3,10H2,(H,21,23). The van der Waals surface area contributed by atoms with Crippen LogP contribution in [-0.2, 0) is 4.79 Å². The van der Waals surface area contributed by atoms with Gasteiger partial charge in [-0.3, -0.25) is 14.9 Å². The van der Waals surface area contributed by atoms with Crippen LogP contribution in [-0.4, -0.2) is 23.5 Å². The fraction of sp³-hybridized carbons (Fsp3) is 0.263. The molecule has 0 spiro atoms. The number of non-ortho nitro benzene ring substituents is 1. The molecule has 1 saturated heterocycles. The Morgan fingerprint density at radius 2 is 1.89 bits per heavy atom. The zero-order chi connectivity index (χ0) is 19.2. The molecule has 1 heterocycles. The van der Waals surface area contributed by atoms with Crippen LogP contribution in [0, 0.1) is 21.4 Å². The van der Waals surface area contributed by atoms with Gasteiger partial charge >= 0.3 is 0 Å². The largest absolute Gasteiger partial charge is 0.481 e. The number of nitriles is 1. The van der Waals surface area contributed by atoms with Crippen LogP contribution in [0.15, 0.2) is 42.5 Å². The second kappa shape index (κ2) is 8.19. The zero-order valence-electron chi connectivity index (χ0n) is 14.4. The van der Waals surface area contributed by atoms with Crippen molar-refractivity contribution >= 4 is 11.6 Å². The minimum absolute atomic E-state index is 0.0691. The number of benzene rings is 2. The second-order valence-electron chi connectivity index (χ2n) is 6.02. The van der Waals surface area contributed by atoms with E-state index in [1.807, 2.05) is 6.07 Å². The number of hydrogen-bond acceptors (Lipinski definition) is 6. The molecule has 138 valence electrons. The van der Waals surface area contributed by atoms with Crippen molar-refractivity contribution in [3.63, 3.8) is 0 Å². The van der Waals surface area contributed by atoms with E-state index in [0.29, 0.717) is 24.5 Å². The summed E-state index contributed by atoms with van der Waals surface area (Å²) in [4.78, 5) is 22.2. The average molecular weight is 367 g/mol. The van der Waals surface area contributed by atoms with Gasteiger partial charge in [0.1, 0.15) is 28.9 Å². The van der Waals surface area contributed by atoms with Gasteiger partial charge in [-0.25, -0.2) is 0 Å². The van der Waals surface area contributed by atoms with Gasteiger partial charge in [-0.15, -0.1) is 0 Å². The van der Waals surface area contributed by atoms with Crippen LogP contribution >= 0.6 is 0 Å². The lowest BCUT2D eigenvalue weighted by Crippen LogP contribution is -2.36. The van der Waals surface area contributed by atoms with E-state index in [-0.39, 0.29) is 22.9 Å². The van der Waals surface area contributed by atoms with E-state index in [2.05, 4.69) is 5.32 Å². The molecule has 1 N–H and O–H groups in total. The highest BCUT2D eigenvalue weighted by atomic mass is 16.6. The summed E-state index contributed by atoms with van der Waals surface area (Å²) in [6.45, 7) is 0.669. The van der Waals surface area contributed by atoms with Gasteiger partial charge in [0, 0.05) is 18.7 Å². The summed E-state index contributed by atoms with van der Waals surface area (Å²) in [6.07, 6.45) is 2.01. The van der Waals surface area contributed by atoms with Crippen LogP contribution in [0.5, 0.6) is 17.2 Å². The molecular weight excluding hydrogens is 350 g/mol. The molecular formula is C19H17N3O5. The van der Waals surface area contributed by atoms with Crippen molar-refractivity contribution in [3.05, 3.63) is 58.1 Å². The lowest BCUT2D eigenvalue weighted by molar-refractivity contribution is -0.384. The van der Waals surface area contributed by atoms with Crippen molar-refractivity contribution in [2.45, 2.75) is 25.4 Å². The third-order valence-electron chi connectivity index (χ3n) is 4.11. The van der Waals surface area contributed by atoms with Crippen LogP contribution in [0.1, 0.15) is 24.8 Å². The molecule has 1 atom stereocenters. The highest BCUT2D eigenvalue weighted by Gasteiger charge is 2.22. The molecule has 1 fully saturated rings. The average Bonchev–Trinajstić information content (AvgIpc) is 2.88. The van der Waals surface area contributed by atoms with E-state index in [0.717, 1.165) is 18.9 Å². The van der Waals surface area contributed by atoms with Gasteiger partial charge in [0.15, 0.2) is 6.10 Å². The predicted octanol–water partition coefficient (Wildman–Crippen LogP) is 3.31. The number of nitro benzene ring substituents is 1. The third-order valence-corrected chi connectivity index (χ3v) is 4.11. The SMILES string of the molecule is N#Cc1cc([N+](=O)[O-])ccc1Oc1ccc(OC2CCCCNC2=O)cc1. The lowest BCUT2D eigenvalue weighted by atomic mass is 10.2. The highest BCUT2D eigenvalue weighted by molar-refractivity contribution is 5.81. The fourth-order valence-electron chi connectivity index (χ4n) is 2.71. The van der Waals surface area contributed by atoms with Crippen molar-refractivity contribution in [2.24, 2.45) is 0 Å². The summed E-state index contributed by atoms with van der Waals surface area (Å²) >= 11 is 0. The summed E-state index contributed by atoms with van der Waals surface area (Å²) in [6, 6.07) is 12.3. The van der Waals surface area contributed by atoms with Gasteiger partial charge in [0.25, 0.3) is 11.6 Å². The van der Waals surface area contributed by atoms with Crippen LogP contribution in [0.4, 0.5) is 5.69 Å². The molecule has 0 aromatic heterocycles. The van der Waals surface area contributed by atoms with Gasteiger partial charge in [-0.1, -0.05) is 0 Å². The first-order valence-electron chi connectivity index (χ1n) is 8.47. The Morgan fingerprint density at radius 3 is 2.59 bits per heavy atom. The van der Waals surface area contributed by atoms with Gasteiger partial charge in [0.05, 0.1) is 4.92 Å². The zero-order valence-corrected chi connectivity index (χ0v) is 14.4. The van der Waals surface area contributed by atoms with E-state index < -0.39 is 11.0 Å². The Balaban J connectivity index is 1.70. The van der Waals surface area contributed by atoms with Gasteiger partial charge in [-0.05, 0) is 49.6 Å². The number of rotatable bonds is 5. The first-order valence-corrected chi connectivity index (χ1v) is 8.47. The molecule has 2 aromatic carbocycles. The second-order valence-corrected chi connectivity index (χ2v) is 6.02. The number of amides is 1. The number of nitro groups is 1. The number of carbonyl (C=O) groups is 1. The van der Waals surface area contributed by atoms with E-state index in [9.17, 15) is 14.9 Å². The summed E-state index contributed by atoms with van der Waals surface area (Å²) < 4.78 is 11.4. The van der Waals surface area contributed by atoms with Gasteiger partial charge < -0.3 is 14.8 Å². The first-order chi connectivity index (χ1) is 13.1. The number of carbonyl (C=O) groups excluding carboxylic acids is 1. The molecule has 0 aliphatic carbocycles. The Kier molecular flexibility index (Phi) is 5.52. The van der Waals surface area contributed by atoms with E-state index in [1.54, 1.807) is 24.3 Å². The molecule has 8 nitrogen and oxygen atoms in total. The van der Waals surface area contributed by atoms with Crippen molar-refractivity contribution < 1.29 is 19.2 Å². The maximum Gasteiger partial charge on any atom is 0.271 e. The summed E-state index contributed by atoms with van der Waals surface area (Å²) in [7, 11) is 0. The van der Waals surface area contributed by atoms with Crippen LogP contribution in [0.25, 0.3) is 0 Å². The van der Waals surface area contributed by atoms with E-state index >= 15 is 0 Å². The van der Waals surface area contributed by atoms with Crippen LogP contribution in [0.2, 0.25) is 0 Å². The monoisotopic (exact) mass is 367 g/mol. The Hall–Kier alpha value is -3.60. The first kappa shape index (κ1) is 18.2. The van der Waals surface area contributed by atoms with Crippen molar-refractivity contribution in [1.29, 1.82) is 5.26 Å². The molecule has 1 aliphatic rings. The van der Waals surface area contributed by atoms with Crippen molar-refractivity contribution in [2.75, 3.05) is 6.54 Å². The summed E-state index contributed by atoms with van der Waals surface area (Å²) in [5, 5.41) is 22.8. The quantitative estimate of drug-likeness (QED) is 0.640. The predicted molar refractivity (Wildman–Crippen MR) is 95.6 cm³/mol. The minimum atomic E-state index is -0.569. The molecule has 8 heteroatoms. The fourth-order valence-corrected chi connectivity index (χ4v) is 2.71. The minimum Gasteiger partial charge on any atom is -0.481 e. The summed E-state index contributed by atoms with van der Waals surface area (Å²) in [5.41, 5.74) is -0.107. The number of ether oxygens (including phenoxy) is 2. The maximum absolute atomic E-state index is 11.9. The lowest BCUT2D eigenvalue weighted by Gasteiger charge is -2.16. The normalized spacial score (nSPS) is 16.6. The molecule has 1 amide bonds.